The van der Waals surface area contributed by atoms with E-state index in [2.05, 4.69) is 15.9 Å². The van der Waals surface area contributed by atoms with Gasteiger partial charge in [0.25, 0.3) is 0 Å². The van der Waals surface area contributed by atoms with Gasteiger partial charge in [0.15, 0.2) is 0 Å². The summed E-state index contributed by atoms with van der Waals surface area (Å²) in [6.45, 7) is 2.38. The first-order chi connectivity index (χ1) is 8.82. The number of anilines is 1. The predicted molar refractivity (Wildman–Crippen MR) is 80.4 cm³/mol. The van der Waals surface area contributed by atoms with E-state index < -0.39 is 10.0 Å². The average Bonchev–Trinajstić information content (AvgIpc) is 2.27. The molecule has 1 aromatic carbocycles. The first kappa shape index (κ1) is 14.8. The lowest BCUT2D eigenvalue weighted by Crippen LogP contribution is -2.34. The van der Waals surface area contributed by atoms with Crippen molar-refractivity contribution in [2.45, 2.75) is 31.1 Å². The zero-order chi connectivity index (χ0) is 14.2. The van der Waals surface area contributed by atoms with Crippen molar-refractivity contribution in [1.29, 1.82) is 0 Å². The highest BCUT2D eigenvalue weighted by molar-refractivity contribution is 9.10. The molecule has 0 aliphatic heterocycles. The van der Waals surface area contributed by atoms with Gasteiger partial charge in [-0.25, -0.2) is 12.7 Å². The number of nitrogens with zero attached hydrogens (tertiary/aromatic N) is 1. The molecule has 0 atom stereocenters. The third kappa shape index (κ3) is 2.95. The molecule has 0 heterocycles. The highest BCUT2D eigenvalue weighted by atomic mass is 79.9. The van der Waals surface area contributed by atoms with Gasteiger partial charge in [0.1, 0.15) is 0 Å². The maximum atomic E-state index is 12.5. The number of hydrogen-bond donors (Lipinski definition) is 1. The minimum atomic E-state index is -3.45. The van der Waals surface area contributed by atoms with Gasteiger partial charge in [-0.05, 0) is 59.3 Å². The molecule has 0 unspecified atom stereocenters. The van der Waals surface area contributed by atoms with Gasteiger partial charge >= 0.3 is 0 Å². The topological polar surface area (TPSA) is 63.4 Å². The summed E-state index contributed by atoms with van der Waals surface area (Å²) in [6.07, 6.45) is 3.46. The van der Waals surface area contributed by atoms with Crippen LogP contribution in [-0.2, 0) is 10.0 Å². The van der Waals surface area contributed by atoms with E-state index in [0.717, 1.165) is 17.3 Å². The summed E-state index contributed by atoms with van der Waals surface area (Å²) in [5, 5.41) is 0. The van der Waals surface area contributed by atoms with E-state index in [9.17, 15) is 8.42 Å². The van der Waals surface area contributed by atoms with Crippen LogP contribution < -0.4 is 5.73 Å². The number of hydrogen-bond acceptors (Lipinski definition) is 3. The molecule has 2 rings (SSSR count). The molecule has 1 aliphatic carbocycles. The van der Waals surface area contributed by atoms with Crippen molar-refractivity contribution in [3.05, 3.63) is 22.2 Å². The average molecular weight is 347 g/mol. The smallest absolute Gasteiger partial charge is 0.243 e. The fourth-order valence-electron chi connectivity index (χ4n) is 2.25. The van der Waals surface area contributed by atoms with E-state index in [1.165, 1.54) is 16.8 Å². The number of rotatable bonds is 4. The van der Waals surface area contributed by atoms with Gasteiger partial charge in [-0.2, -0.15) is 0 Å². The third-order valence-electron chi connectivity index (χ3n) is 3.72. The first-order valence-corrected chi connectivity index (χ1v) is 8.57. The van der Waals surface area contributed by atoms with Crippen molar-refractivity contribution in [1.82, 2.24) is 4.31 Å². The minimum absolute atomic E-state index is 0.301. The second-order valence-electron chi connectivity index (χ2n) is 5.22. The number of aryl methyl sites for hydroxylation is 1. The zero-order valence-corrected chi connectivity index (χ0v) is 13.6. The van der Waals surface area contributed by atoms with Crippen LogP contribution in [0.15, 0.2) is 21.5 Å². The van der Waals surface area contributed by atoms with Crippen molar-refractivity contribution in [2.24, 2.45) is 5.92 Å². The summed E-state index contributed by atoms with van der Waals surface area (Å²) in [6, 6.07) is 3.28. The number of benzene rings is 1. The monoisotopic (exact) mass is 346 g/mol. The van der Waals surface area contributed by atoms with Crippen molar-refractivity contribution in [2.75, 3.05) is 19.3 Å². The molecule has 1 aromatic rings. The highest BCUT2D eigenvalue weighted by Gasteiger charge is 2.28. The van der Waals surface area contributed by atoms with Crippen LogP contribution in [0.1, 0.15) is 24.8 Å². The molecule has 0 aromatic heterocycles. The zero-order valence-electron chi connectivity index (χ0n) is 11.2. The van der Waals surface area contributed by atoms with Crippen LogP contribution in [0.2, 0.25) is 0 Å². The standard InChI is InChI=1S/C13H19BrN2O2S/c1-9-6-11(14)12(15)7-13(9)19(17,18)16(2)8-10-4-3-5-10/h6-7,10H,3-5,8,15H2,1-2H3. The van der Waals surface area contributed by atoms with Crippen LogP contribution >= 0.6 is 15.9 Å². The molecule has 1 fully saturated rings. The number of nitrogens with two attached hydrogens (primary N) is 1. The summed E-state index contributed by atoms with van der Waals surface area (Å²) in [4.78, 5) is 0.301. The lowest BCUT2D eigenvalue weighted by atomic mass is 9.86. The molecule has 0 spiro atoms. The summed E-state index contributed by atoms with van der Waals surface area (Å²) in [5.74, 6) is 0.507. The van der Waals surface area contributed by atoms with Crippen molar-refractivity contribution >= 4 is 31.6 Å². The van der Waals surface area contributed by atoms with E-state index in [0.29, 0.717) is 28.6 Å². The van der Waals surface area contributed by atoms with Gasteiger partial charge in [-0.1, -0.05) is 6.42 Å². The van der Waals surface area contributed by atoms with E-state index in [1.807, 2.05) is 0 Å². The van der Waals surface area contributed by atoms with Gasteiger partial charge in [0.05, 0.1) is 4.90 Å². The molecule has 0 radical (unpaired) electrons. The summed E-state index contributed by atoms with van der Waals surface area (Å²) in [5.41, 5.74) is 6.95. The normalized spacial score (nSPS) is 16.6. The largest absolute Gasteiger partial charge is 0.398 e. The molecule has 19 heavy (non-hydrogen) atoms. The first-order valence-electron chi connectivity index (χ1n) is 6.34. The lowest BCUT2D eigenvalue weighted by Gasteiger charge is -2.30. The highest BCUT2D eigenvalue weighted by Crippen LogP contribution is 2.31. The third-order valence-corrected chi connectivity index (χ3v) is 6.37. The number of halogens is 1. The quantitative estimate of drug-likeness (QED) is 0.852. The Labute approximate surface area is 123 Å². The Morgan fingerprint density at radius 3 is 2.58 bits per heavy atom. The lowest BCUT2D eigenvalue weighted by molar-refractivity contribution is 0.263. The predicted octanol–water partition coefficient (Wildman–Crippen LogP) is 2.76. The van der Waals surface area contributed by atoms with Crippen LogP contribution in [0, 0.1) is 12.8 Å². The Bertz CT molecular complexity index is 583. The van der Waals surface area contributed by atoms with Gasteiger partial charge in [-0.3, -0.25) is 0 Å². The SMILES string of the molecule is Cc1cc(Br)c(N)cc1S(=O)(=O)N(C)CC1CCC1. The van der Waals surface area contributed by atoms with E-state index in [1.54, 1.807) is 20.0 Å². The Kier molecular flexibility index (Phi) is 4.23. The molecule has 1 saturated carbocycles. The maximum absolute atomic E-state index is 12.5. The number of nitrogen functional groups attached to an aromatic ring is 1. The molecule has 0 amide bonds. The van der Waals surface area contributed by atoms with Gasteiger partial charge in [0, 0.05) is 23.8 Å². The summed E-state index contributed by atoms with van der Waals surface area (Å²) in [7, 11) is -1.80. The van der Waals surface area contributed by atoms with Crippen LogP contribution in [0.4, 0.5) is 5.69 Å². The second-order valence-corrected chi connectivity index (χ2v) is 8.09. The molecular weight excluding hydrogens is 328 g/mol. The Morgan fingerprint density at radius 1 is 1.42 bits per heavy atom. The van der Waals surface area contributed by atoms with Crippen LogP contribution in [0.5, 0.6) is 0 Å². The fraction of sp³-hybridized carbons (Fsp3) is 0.538. The second kappa shape index (κ2) is 5.42. The van der Waals surface area contributed by atoms with Gasteiger partial charge in [-0.15, -0.1) is 0 Å². The van der Waals surface area contributed by atoms with E-state index in [4.69, 9.17) is 5.73 Å². The van der Waals surface area contributed by atoms with Crippen molar-refractivity contribution in [3.8, 4) is 0 Å². The molecule has 0 bridgehead atoms. The molecule has 2 N–H and O–H groups in total. The minimum Gasteiger partial charge on any atom is -0.398 e. The molecule has 106 valence electrons. The van der Waals surface area contributed by atoms with E-state index >= 15 is 0 Å². The Hall–Kier alpha value is -0.590. The summed E-state index contributed by atoms with van der Waals surface area (Å²) >= 11 is 3.31. The van der Waals surface area contributed by atoms with Crippen LogP contribution in [-0.4, -0.2) is 26.3 Å². The molecule has 4 nitrogen and oxygen atoms in total. The van der Waals surface area contributed by atoms with Crippen LogP contribution in [0.3, 0.4) is 0 Å². The Morgan fingerprint density at radius 2 is 2.05 bits per heavy atom. The summed E-state index contributed by atoms with van der Waals surface area (Å²) < 4.78 is 27.3. The molecule has 0 saturated heterocycles. The number of sulfonamides is 1. The molecule has 6 heteroatoms. The fourth-order valence-corrected chi connectivity index (χ4v) is 4.19. The molecule has 1 aliphatic rings. The molecular formula is C13H19BrN2O2S. The van der Waals surface area contributed by atoms with Gasteiger partial charge < -0.3 is 5.73 Å². The Balaban J connectivity index is 2.30. The van der Waals surface area contributed by atoms with Crippen LogP contribution in [0.25, 0.3) is 0 Å². The van der Waals surface area contributed by atoms with E-state index in [-0.39, 0.29) is 0 Å². The van der Waals surface area contributed by atoms with Crippen molar-refractivity contribution < 1.29 is 8.42 Å². The van der Waals surface area contributed by atoms with Crippen molar-refractivity contribution in [3.63, 3.8) is 0 Å². The van der Waals surface area contributed by atoms with Gasteiger partial charge in [0.2, 0.25) is 10.0 Å². The maximum Gasteiger partial charge on any atom is 0.243 e.